The minimum Gasteiger partial charge on any atom is -0.369 e. The van der Waals surface area contributed by atoms with Crippen molar-refractivity contribution in [3.63, 3.8) is 0 Å². The Morgan fingerprint density at radius 3 is 2.48 bits per heavy atom. The van der Waals surface area contributed by atoms with Gasteiger partial charge in [-0.25, -0.2) is 4.98 Å². The van der Waals surface area contributed by atoms with Crippen LogP contribution in [0.3, 0.4) is 0 Å². The third-order valence-electron chi connectivity index (χ3n) is 3.84. The van der Waals surface area contributed by atoms with Crippen molar-refractivity contribution in [2.75, 3.05) is 23.7 Å². The Kier molecular flexibility index (Phi) is 5.79. The van der Waals surface area contributed by atoms with Crippen molar-refractivity contribution in [2.45, 2.75) is 47.0 Å². The van der Waals surface area contributed by atoms with E-state index in [2.05, 4.69) is 54.4 Å². The Hall–Kier alpha value is -1.36. The van der Waals surface area contributed by atoms with Gasteiger partial charge < -0.3 is 10.6 Å². The molecular formula is C16H26N4S. The van der Waals surface area contributed by atoms with E-state index in [1.807, 2.05) is 0 Å². The molecule has 0 amide bonds. The molecular weight excluding hydrogens is 280 g/mol. The minimum absolute atomic E-state index is 0.696. The maximum atomic E-state index is 4.65. The highest BCUT2D eigenvalue weighted by Gasteiger charge is 2.12. The van der Waals surface area contributed by atoms with Gasteiger partial charge in [0.1, 0.15) is 10.6 Å². The number of thiophene rings is 1. The van der Waals surface area contributed by atoms with Crippen molar-refractivity contribution in [3.8, 4) is 0 Å². The molecule has 21 heavy (non-hydrogen) atoms. The Balaban J connectivity index is 2.31. The highest BCUT2D eigenvalue weighted by Crippen LogP contribution is 2.30. The van der Waals surface area contributed by atoms with Crippen LogP contribution in [-0.2, 0) is 6.42 Å². The van der Waals surface area contributed by atoms with Crippen LogP contribution in [0.15, 0.2) is 6.07 Å². The fourth-order valence-corrected chi connectivity index (χ4v) is 3.30. The Morgan fingerprint density at radius 2 is 1.86 bits per heavy atom. The van der Waals surface area contributed by atoms with Gasteiger partial charge in [-0.3, -0.25) is 0 Å². The lowest BCUT2D eigenvalue weighted by Crippen LogP contribution is -2.14. The zero-order chi connectivity index (χ0) is 15.2. The van der Waals surface area contributed by atoms with Gasteiger partial charge in [0.15, 0.2) is 0 Å². The zero-order valence-corrected chi connectivity index (χ0v) is 14.3. The molecule has 0 unspecified atom stereocenters. The molecule has 5 heteroatoms. The molecule has 0 atom stereocenters. The summed E-state index contributed by atoms with van der Waals surface area (Å²) in [4.78, 5) is 11.7. The summed E-state index contributed by atoms with van der Waals surface area (Å²) >= 11 is 1.77. The molecule has 2 N–H and O–H groups in total. The van der Waals surface area contributed by atoms with Crippen molar-refractivity contribution in [3.05, 3.63) is 10.9 Å². The van der Waals surface area contributed by atoms with Crippen molar-refractivity contribution < 1.29 is 0 Å². The summed E-state index contributed by atoms with van der Waals surface area (Å²) in [5.74, 6) is 2.39. The summed E-state index contributed by atoms with van der Waals surface area (Å²) in [6.45, 7) is 10.5. The predicted octanol–water partition coefficient (Wildman–Crippen LogP) is 4.53. The molecule has 0 aromatic carbocycles. The number of aryl methyl sites for hydroxylation is 1. The van der Waals surface area contributed by atoms with Crippen LogP contribution in [0.2, 0.25) is 0 Å². The molecule has 0 aliphatic heterocycles. The minimum atomic E-state index is 0.696. The van der Waals surface area contributed by atoms with E-state index in [4.69, 9.17) is 0 Å². The van der Waals surface area contributed by atoms with E-state index < -0.39 is 0 Å². The second-order valence-corrected chi connectivity index (χ2v) is 6.39. The Labute approximate surface area is 131 Å². The van der Waals surface area contributed by atoms with E-state index in [0.717, 1.165) is 41.5 Å². The first-order chi connectivity index (χ1) is 10.2. The average molecular weight is 306 g/mol. The van der Waals surface area contributed by atoms with Crippen LogP contribution < -0.4 is 10.6 Å². The summed E-state index contributed by atoms with van der Waals surface area (Å²) < 4.78 is 0. The molecule has 2 aromatic heterocycles. The van der Waals surface area contributed by atoms with Crippen LogP contribution >= 0.6 is 11.3 Å². The van der Waals surface area contributed by atoms with Crippen LogP contribution in [0.5, 0.6) is 0 Å². The highest BCUT2D eigenvalue weighted by atomic mass is 32.1. The van der Waals surface area contributed by atoms with E-state index in [0.29, 0.717) is 5.92 Å². The number of nitrogens with zero attached hydrogens (tertiary/aromatic N) is 2. The second-order valence-electron chi connectivity index (χ2n) is 5.27. The summed E-state index contributed by atoms with van der Waals surface area (Å²) in [5.41, 5.74) is 0. The number of rotatable bonds is 8. The maximum Gasteiger partial charge on any atom is 0.226 e. The highest BCUT2D eigenvalue weighted by molar-refractivity contribution is 7.18. The van der Waals surface area contributed by atoms with Gasteiger partial charge in [-0.2, -0.15) is 4.98 Å². The fourth-order valence-electron chi connectivity index (χ4n) is 2.34. The molecule has 0 aliphatic rings. The van der Waals surface area contributed by atoms with Crippen molar-refractivity contribution in [1.82, 2.24) is 9.97 Å². The van der Waals surface area contributed by atoms with Gasteiger partial charge >= 0.3 is 0 Å². The van der Waals surface area contributed by atoms with Gasteiger partial charge in [0, 0.05) is 18.0 Å². The summed E-state index contributed by atoms with van der Waals surface area (Å²) in [5, 5.41) is 7.93. The second kappa shape index (κ2) is 7.59. The molecule has 0 aliphatic carbocycles. The predicted molar refractivity (Wildman–Crippen MR) is 93.5 cm³/mol. The lowest BCUT2D eigenvalue weighted by molar-refractivity contribution is 0.518. The number of aromatic nitrogens is 2. The maximum absolute atomic E-state index is 4.65. The van der Waals surface area contributed by atoms with Crippen molar-refractivity contribution in [2.24, 2.45) is 5.92 Å². The lowest BCUT2D eigenvalue weighted by atomic mass is 10.0. The molecule has 0 saturated heterocycles. The monoisotopic (exact) mass is 306 g/mol. The molecule has 2 aromatic rings. The molecule has 116 valence electrons. The molecule has 2 heterocycles. The van der Waals surface area contributed by atoms with E-state index >= 15 is 0 Å². The largest absolute Gasteiger partial charge is 0.369 e. The van der Waals surface area contributed by atoms with Gasteiger partial charge in [-0.15, -0.1) is 11.3 Å². The first kappa shape index (κ1) is 16.0. The van der Waals surface area contributed by atoms with Gasteiger partial charge in [-0.05, 0) is 25.3 Å². The van der Waals surface area contributed by atoms with Gasteiger partial charge in [0.2, 0.25) is 5.95 Å². The Morgan fingerprint density at radius 1 is 1.10 bits per heavy atom. The molecule has 0 fully saturated rings. The van der Waals surface area contributed by atoms with Gasteiger partial charge in [0.25, 0.3) is 0 Å². The summed E-state index contributed by atoms with van der Waals surface area (Å²) in [6.07, 6.45) is 3.44. The van der Waals surface area contributed by atoms with Crippen LogP contribution in [-0.4, -0.2) is 23.1 Å². The third-order valence-corrected chi connectivity index (χ3v) is 5.01. The lowest BCUT2D eigenvalue weighted by Gasteiger charge is -2.15. The number of hydrogen-bond acceptors (Lipinski definition) is 5. The molecule has 4 nitrogen and oxygen atoms in total. The normalized spacial score (nSPS) is 11.3. The average Bonchev–Trinajstić information content (AvgIpc) is 2.91. The quantitative estimate of drug-likeness (QED) is 0.752. The Bertz CT molecular complexity index is 575. The smallest absolute Gasteiger partial charge is 0.226 e. The SMILES string of the molecule is CCNc1nc(NCC(CC)CC)c2cc(CC)sc2n1. The van der Waals surface area contributed by atoms with Crippen molar-refractivity contribution >= 4 is 33.3 Å². The zero-order valence-electron chi connectivity index (χ0n) is 13.5. The van der Waals surface area contributed by atoms with Crippen LogP contribution in [0.4, 0.5) is 11.8 Å². The van der Waals surface area contributed by atoms with Gasteiger partial charge in [-0.1, -0.05) is 33.6 Å². The number of fused-ring (bicyclic) bond motifs is 1. The molecule has 0 bridgehead atoms. The molecule has 0 radical (unpaired) electrons. The summed E-state index contributed by atoms with van der Waals surface area (Å²) in [7, 11) is 0. The van der Waals surface area contributed by atoms with E-state index in [-0.39, 0.29) is 0 Å². The molecule has 0 saturated carbocycles. The number of anilines is 2. The number of hydrogen-bond donors (Lipinski definition) is 2. The van der Waals surface area contributed by atoms with Crippen molar-refractivity contribution in [1.29, 1.82) is 0 Å². The number of nitrogens with one attached hydrogen (secondary N) is 2. The van der Waals surface area contributed by atoms with E-state index in [1.165, 1.54) is 17.7 Å². The first-order valence-electron chi connectivity index (χ1n) is 7.99. The molecule has 0 spiro atoms. The van der Waals surface area contributed by atoms with Crippen LogP contribution in [0.1, 0.15) is 45.4 Å². The topological polar surface area (TPSA) is 49.8 Å². The van der Waals surface area contributed by atoms with Crippen LogP contribution in [0, 0.1) is 5.92 Å². The standard InChI is InChI=1S/C16H26N4S/c1-5-11(6-2)10-18-14-13-9-12(7-3)21-15(13)20-16(19-14)17-8-4/h9,11H,5-8,10H2,1-4H3,(H2,17,18,19,20). The first-order valence-corrected chi connectivity index (χ1v) is 8.81. The fraction of sp³-hybridized carbons (Fsp3) is 0.625. The third kappa shape index (κ3) is 3.84. The van der Waals surface area contributed by atoms with Gasteiger partial charge in [0.05, 0.1) is 5.39 Å². The molecule has 2 rings (SSSR count). The van der Waals surface area contributed by atoms with E-state index in [9.17, 15) is 0 Å². The summed E-state index contributed by atoms with van der Waals surface area (Å²) in [6, 6.07) is 2.23. The van der Waals surface area contributed by atoms with Crippen LogP contribution in [0.25, 0.3) is 10.2 Å². The van der Waals surface area contributed by atoms with E-state index in [1.54, 1.807) is 11.3 Å².